The predicted octanol–water partition coefficient (Wildman–Crippen LogP) is 4.51. The summed E-state index contributed by atoms with van der Waals surface area (Å²) >= 11 is 0. The van der Waals surface area contributed by atoms with Gasteiger partial charge in [-0.15, -0.1) is 0 Å². The highest BCUT2D eigenvalue weighted by Crippen LogP contribution is 2.30. The van der Waals surface area contributed by atoms with E-state index >= 15 is 0 Å². The zero-order chi connectivity index (χ0) is 20.1. The van der Waals surface area contributed by atoms with Crippen LogP contribution in [0.15, 0.2) is 48.5 Å². The first-order valence-corrected chi connectivity index (χ1v) is 8.93. The monoisotopic (exact) mass is 391 g/mol. The molecular weight excluding hydrogens is 371 g/mol. The van der Waals surface area contributed by atoms with Gasteiger partial charge in [-0.3, -0.25) is 4.79 Å². The van der Waals surface area contributed by atoms with Crippen LogP contribution in [-0.2, 0) is 17.4 Å². The molecule has 0 radical (unpaired) electrons. The van der Waals surface area contributed by atoms with Gasteiger partial charge in [0.05, 0.1) is 12.0 Å². The summed E-state index contributed by atoms with van der Waals surface area (Å²) in [5.41, 5.74) is 0.514. The molecule has 28 heavy (non-hydrogen) atoms. The molecule has 1 saturated heterocycles. The second kappa shape index (κ2) is 8.33. The summed E-state index contributed by atoms with van der Waals surface area (Å²) in [7, 11) is 0. The van der Waals surface area contributed by atoms with Gasteiger partial charge in [-0.25, -0.2) is 4.79 Å². The third-order valence-corrected chi connectivity index (χ3v) is 4.47. The number of anilines is 2. The zero-order valence-corrected chi connectivity index (χ0v) is 15.1. The molecule has 0 bridgehead atoms. The van der Waals surface area contributed by atoms with Crippen LogP contribution < -0.4 is 10.6 Å². The van der Waals surface area contributed by atoms with Gasteiger partial charge in [0.1, 0.15) is 0 Å². The van der Waals surface area contributed by atoms with E-state index in [1.54, 1.807) is 24.3 Å². The Hall–Kier alpha value is -3.03. The van der Waals surface area contributed by atoms with Gasteiger partial charge in [0, 0.05) is 24.5 Å². The molecule has 0 saturated carbocycles. The molecule has 0 spiro atoms. The lowest BCUT2D eigenvalue weighted by molar-refractivity contribution is -0.137. The molecule has 1 heterocycles. The number of likely N-dealkylation sites (tertiary alicyclic amines) is 1. The lowest BCUT2D eigenvalue weighted by Gasteiger charge is -2.15. The van der Waals surface area contributed by atoms with Gasteiger partial charge in [0.25, 0.3) is 0 Å². The van der Waals surface area contributed by atoms with E-state index in [4.69, 9.17) is 0 Å². The molecule has 1 fully saturated rings. The second-order valence-corrected chi connectivity index (χ2v) is 6.62. The summed E-state index contributed by atoms with van der Waals surface area (Å²) in [5, 5.41) is 4.93. The SMILES string of the molecule is O=C(Nc1ccc(CC(=O)N2CCCC2)cc1)Nc1cccc(C(F)(F)F)c1. The number of rotatable bonds is 4. The molecule has 1 aliphatic rings. The van der Waals surface area contributed by atoms with Crippen molar-refractivity contribution in [1.29, 1.82) is 0 Å². The predicted molar refractivity (Wildman–Crippen MR) is 100 cm³/mol. The fraction of sp³-hybridized carbons (Fsp3) is 0.300. The number of carbonyl (C=O) groups is 2. The maximum atomic E-state index is 12.7. The Balaban J connectivity index is 1.55. The maximum Gasteiger partial charge on any atom is 0.416 e. The Labute approximate surface area is 160 Å². The van der Waals surface area contributed by atoms with E-state index < -0.39 is 17.8 Å². The van der Waals surface area contributed by atoms with Crippen molar-refractivity contribution in [3.8, 4) is 0 Å². The van der Waals surface area contributed by atoms with Crippen molar-refractivity contribution in [2.45, 2.75) is 25.4 Å². The standard InChI is InChI=1S/C20H20F3N3O2/c21-20(22,23)15-4-3-5-17(13-15)25-19(28)24-16-8-6-14(7-9-16)12-18(27)26-10-1-2-11-26/h3-9,13H,1-2,10-12H2,(H2,24,25,28). The van der Waals surface area contributed by atoms with Crippen molar-refractivity contribution in [3.63, 3.8) is 0 Å². The van der Waals surface area contributed by atoms with E-state index in [1.807, 2.05) is 4.90 Å². The smallest absolute Gasteiger partial charge is 0.342 e. The van der Waals surface area contributed by atoms with E-state index in [9.17, 15) is 22.8 Å². The molecule has 3 rings (SSSR count). The molecule has 0 aromatic heterocycles. The molecule has 2 N–H and O–H groups in total. The van der Waals surface area contributed by atoms with Crippen LogP contribution in [0.4, 0.5) is 29.3 Å². The highest BCUT2D eigenvalue weighted by molar-refractivity contribution is 5.99. The minimum absolute atomic E-state index is 0.0418. The lowest BCUT2D eigenvalue weighted by Crippen LogP contribution is -2.29. The van der Waals surface area contributed by atoms with Crippen molar-refractivity contribution in [2.24, 2.45) is 0 Å². The first-order valence-electron chi connectivity index (χ1n) is 8.93. The van der Waals surface area contributed by atoms with Crippen molar-refractivity contribution in [2.75, 3.05) is 23.7 Å². The highest BCUT2D eigenvalue weighted by Gasteiger charge is 2.30. The normalized spacial score (nSPS) is 14.0. The molecular formula is C20H20F3N3O2. The van der Waals surface area contributed by atoms with Crippen LogP contribution in [0.25, 0.3) is 0 Å². The van der Waals surface area contributed by atoms with Crippen molar-refractivity contribution in [1.82, 2.24) is 4.90 Å². The summed E-state index contributed by atoms with van der Waals surface area (Å²) in [5.74, 6) is 0.0838. The van der Waals surface area contributed by atoms with Crippen molar-refractivity contribution in [3.05, 3.63) is 59.7 Å². The van der Waals surface area contributed by atoms with Crippen molar-refractivity contribution < 1.29 is 22.8 Å². The number of alkyl halides is 3. The average molecular weight is 391 g/mol. The van der Waals surface area contributed by atoms with Gasteiger partial charge in [-0.2, -0.15) is 13.2 Å². The molecule has 1 aliphatic heterocycles. The second-order valence-electron chi connectivity index (χ2n) is 6.62. The number of benzene rings is 2. The number of urea groups is 1. The number of hydrogen-bond acceptors (Lipinski definition) is 2. The Kier molecular flexibility index (Phi) is 5.87. The molecule has 0 unspecified atom stereocenters. The summed E-state index contributed by atoms with van der Waals surface area (Å²) in [6.45, 7) is 1.60. The van der Waals surface area contributed by atoms with Gasteiger partial charge in [-0.05, 0) is 48.7 Å². The first kappa shape index (κ1) is 19.7. The number of amides is 3. The Morgan fingerprint density at radius 3 is 2.21 bits per heavy atom. The van der Waals surface area contributed by atoms with E-state index in [0.29, 0.717) is 12.1 Å². The number of hydrogen-bond donors (Lipinski definition) is 2. The van der Waals surface area contributed by atoms with Gasteiger partial charge < -0.3 is 15.5 Å². The van der Waals surface area contributed by atoms with E-state index in [2.05, 4.69) is 10.6 Å². The Morgan fingerprint density at radius 2 is 1.57 bits per heavy atom. The summed E-state index contributed by atoms with van der Waals surface area (Å²) in [6, 6.07) is 10.5. The number of carbonyl (C=O) groups excluding carboxylic acids is 2. The summed E-state index contributed by atoms with van der Waals surface area (Å²) in [4.78, 5) is 26.0. The molecule has 8 heteroatoms. The van der Waals surface area contributed by atoms with E-state index in [-0.39, 0.29) is 11.6 Å². The summed E-state index contributed by atoms with van der Waals surface area (Å²) < 4.78 is 38.2. The van der Waals surface area contributed by atoms with Crippen LogP contribution in [-0.4, -0.2) is 29.9 Å². The Morgan fingerprint density at radius 1 is 0.929 bits per heavy atom. The van der Waals surface area contributed by atoms with E-state index in [0.717, 1.165) is 43.6 Å². The molecule has 5 nitrogen and oxygen atoms in total. The third-order valence-electron chi connectivity index (χ3n) is 4.47. The van der Waals surface area contributed by atoms with Crippen LogP contribution in [0.2, 0.25) is 0 Å². The van der Waals surface area contributed by atoms with Gasteiger partial charge in [-0.1, -0.05) is 18.2 Å². The van der Waals surface area contributed by atoms with Crippen LogP contribution >= 0.6 is 0 Å². The minimum Gasteiger partial charge on any atom is -0.342 e. The number of nitrogens with one attached hydrogen (secondary N) is 2. The van der Waals surface area contributed by atoms with E-state index in [1.165, 1.54) is 12.1 Å². The van der Waals surface area contributed by atoms with Gasteiger partial charge in [0.15, 0.2) is 0 Å². The zero-order valence-electron chi connectivity index (χ0n) is 15.1. The van der Waals surface area contributed by atoms with Crippen LogP contribution in [0.5, 0.6) is 0 Å². The average Bonchev–Trinajstić information content (AvgIpc) is 3.18. The molecule has 0 aliphatic carbocycles. The molecule has 3 amide bonds. The fourth-order valence-corrected chi connectivity index (χ4v) is 3.03. The molecule has 2 aromatic carbocycles. The highest BCUT2D eigenvalue weighted by atomic mass is 19.4. The summed E-state index contributed by atoms with van der Waals surface area (Å²) in [6.07, 6.45) is -2.10. The fourth-order valence-electron chi connectivity index (χ4n) is 3.03. The largest absolute Gasteiger partial charge is 0.416 e. The topological polar surface area (TPSA) is 61.4 Å². The van der Waals surface area contributed by atoms with Gasteiger partial charge >= 0.3 is 12.2 Å². The van der Waals surface area contributed by atoms with Crippen LogP contribution in [0, 0.1) is 0 Å². The molecule has 2 aromatic rings. The lowest BCUT2D eigenvalue weighted by atomic mass is 10.1. The number of halogens is 3. The quantitative estimate of drug-likeness (QED) is 0.805. The minimum atomic E-state index is -4.48. The first-order chi connectivity index (χ1) is 13.3. The maximum absolute atomic E-state index is 12.7. The van der Waals surface area contributed by atoms with Gasteiger partial charge in [0.2, 0.25) is 5.91 Å². The molecule has 148 valence electrons. The van der Waals surface area contributed by atoms with Crippen molar-refractivity contribution >= 4 is 23.3 Å². The van der Waals surface area contributed by atoms with Crippen LogP contribution in [0.1, 0.15) is 24.0 Å². The van der Waals surface area contributed by atoms with Crippen LogP contribution in [0.3, 0.4) is 0 Å². The Bertz CT molecular complexity index is 845. The third kappa shape index (κ3) is 5.25. The number of nitrogens with zero attached hydrogens (tertiary/aromatic N) is 1. The molecule has 0 atom stereocenters.